The third kappa shape index (κ3) is 5.21. The number of fused-ring (bicyclic) bond motifs is 1. The second-order valence-corrected chi connectivity index (χ2v) is 9.34. The monoisotopic (exact) mass is 438 g/mol. The maximum Gasteiger partial charge on any atom is 0.407 e. The summed E-state index contributed by atoms with van der Waals surface area (Å²) in [7, 11) is 0. The fourth-order valence-electron chi connectivity index (χ4n) is 4.20. The standard InChI is InChI=1S/C25H31FN4O2/c1-25(2,3)32-24(31)27-16-20-8-6-7-15-29(20)23-28-21-9-4-5-10-22(21)30(23)17-18-11-13-19(26)14-12-18/h4-5,9-14,20H,6-8,15-17H2,1-3H3,(H,27,31)/t20-/m0/s1. The molecule has 1 aliphatic heterocycles. The molecular weight excluding hydrogens is 407 g/mol. The molecule has 1 aliphatic rings. The minimum Gasteiger partial charge on any atom is -0.444 e. The molecule has 1 fully saturated rings. The van der Waals surface area contributed by atoms with Crippen molar-refractivity contribution < 1.29 is 13.9 Å². The summed E-state index contributed by atoms with van der Waals surface area (Å²) in [5.74, 6) is 0.639. The predicted molar refractivity (Wildman–Crippen MR) is 124 cm³/mol. The Balaban J connectivity index is 1.61. The van der Waals surface area contributed by atoms with E-state index >= 15 is 0 Å². The molecule has 0 aliphatic carbocycles. The summed E-state index contributed by atoms with van der Waals surface area (Å²) in [4.78, 5) is 19.5. The van der Waals surface area contributed by atoms with E-state index < -0.39 is 11.7 Å². The molecule has 0 bridgehead atoms. The smallest absolute Gasteiger partial charge is 0.407 e. The molecule has 1 aromatic heterocycles. The molecular formula is C25H31FN4O2. The number of hydrogen-bond donors (Lipinski definition) is 1. The Morgan fingerprint density at radius 2 is 1.91 bits per heavy atom. The summed E-state index contributed by atoms with van der Waals surface area (Å²) in [5.41, 5.74) is 2.45. The number of para-hydroxylation sites is 2. The number of amides is 1. The van der Waals surface area contributed by atoms with Crippen LogP contribution in [0.15, 0.2) is 48.5 Å². The van der Waals surface area contributed by atoms with Crippen LogP contribution in [-0.2, 0) is 11.3 Å². The predicted octanol–water partition coefficient (Wildman–Crippen LogP) is 5.11. The fraction of sp³-hybridized carbons (Fsp3) is 0.440. The highest BCUT2D eigenvalue weighted by Crippen LogP contribution is 2.29. The first-order valence-electron chi connectivity index (χ1n) is 11.2. The number of anilines is 1. The van der Waals surface area contributed by atoms with Crippen LogP contribution in [0.3, 0.4) is 0 Å². The number of aromatic nitrogens is 2. The van der Waals surface area contributed by atoms with Crippen LogP contribution in [0.2, 0.25) is 0 Å². The van der Waals surface area contributed by atoms with Crippen molar-refractivity contribution in [2.45, 2.75) is 58.2 Å². The number of nitrogens with one attached hydrogen (secondary N) is 1. The summed E-state index contributed by atoms with van der Waals surface area (Å²) in [5, 5.41) is 2.94. The molecule has 32 heavy (non-hydrogen) atoms. The highest BCUT2D eigenvalue weighted by molar-refractivity contribution is 5.79. The normalized spacial score (nSPS) is 16.9. The van der Waals surface area contributed by atoms with Gasteiger partial charge >= 0.3 is 6.09 Å². The zero-order valence-electron chi connectivity index (χ0n) is 19.0. The first kappa shape index (κ1) is 22.1. The molecule has 1 saturated heterocycles. The van der Waals surface area contributed by atoms with Crippen molar-refractivity contribution in [3.05, 3.63) is 59.9 Å². The number of imidazole rings is 1. The van der Waals surface area contributed by atoms with Gasteiger partial charge in [0.1, 0.15) is 11.4 Å². The van der Waals surface area contributed by atoms with Gasteiger partial charge in [0.25, 0.3) is 0 Å². The Morgan fingerprint density at radius 3 is 2.66 bits per heavy atom. The molecule has 4 rings (SSSR count). The van der Waals surface area contributed by atoms with E-state index in [-0.39, 0.29) is 11.9 Å². The molecule has 0 spiro atoms. The van der Waals surface area contributed by atoms with Gasteiger partial charge in [-0.3, -0.25) is 0 Å². The number of alkyl carbamates (subject to hydrolysis) is 1. The van der Waals surface area contributed by atoms with Crippen molar-refractivity contribution in [3.63, 3.8) is 0 Å². The number of rotatable bonds is 5. The van der Waals surface area contributed by atoms with Crippen molar-refractivity contribution in [1.82, 2.24) is 14.9 Å². The molecule has 1 N–H and O–H groups in total. The van der Waals surface area contributed by atoms with E-state index in [9.17, 15) is 9.18 Å². The summed E-state index contributed by atoms with van der Waals surface area (Å²) in [6.07, 6.45) is 2.75. The number of benzene rings is 2. The molecule has 6 nitrogen and oxygen atoms in total. The summed E-state index contributed by atoms with van der Waals surface area (Å²) in [6.45, 7) is 7.53. The number of piperidine rings is 1. The van der Waals surface area contributed by atoms with E-state index in [2.05, 4.69) is 20.9 Å². The molecule has 0 radical (unpaired) electrons. The van der Waals surface area contributed by atoms with Gasteiger partial charge < -0.3 is 19.5 Å². The van der Waals surface area contributed by atoms with Gasteiger partial charge in [0.2, 0.25) is 5.95 Å². The lowest BCUT2D eigenvalue weighted by molar-refractivity contribution is 0.0522. The van der Waals surface area contributed by atoms with Crippen LogP contribution >= 0.6 is 0 Å². The SMILES string of the molecule is CC(C)(C)OC(=O)NC[C@@H]1CCCCN1c1nc2ccccc2n1Cc1ccc(F)cc1. The van der Waals surface area contributed by atoms with E-state index in [1.54, 1.807) is 0 Å². The first-order valence-corrected chi connectivity index (χ1v) is 11.2. The third-order valence-electron chi connectivity index (χ3n) is 5.65. The van der Waals surface area contributed by atoms with Crippen molar-refractivity contribution >= 4 is 23.1 Å². The number of carbonyl (C=O) groups is 1. The van der Waals surface area contributed by atoms with Gasteiger partial charge in [0, 0.05) is 19.1 Å². The Hall–Kier alpha value is -3.09. The van der Waals surface area contributed by atoms with Crippen LogP contribution in [0.4, 0.5) is 15.1 Å². The van der Waals surface area contributed by atoms with Gasteiger partial charge in [0.15, 0.2) is 0 Å². The van der Waals surface area contributed by atoms with E-state index in [0.717, 1.165) is 48.4 Å². The van der Waals surface area contributed by atoms with Crippen molar-refractivity contribution in [2.24, 2.45) is 0 Å². The number of carbonyl (C=O) groups excluding carboxylic acids is 1. The lowest BCUT2D eigenvalue weighted by Gasteiger charge is -2.37. The van der Waals surface area contributed by atoms with E-state index in [4.69, 9.17) is 9.72 Å². The summed E-state index contributed by atoms with van der Waals surface area (Å²) in [6, 6.07) is 14.8. The van der Waals surface area contributed by atoms with E-state index in [1.165, 1.54) is 12.1 Å². The maximum absolute atomic E-state index is 13.4. The average Bonchev–Trinajstić information content (AvgIpc) is 3.11. The van der Waals surface area contributed by atoms with Crippen LogP contribution < -0.4 is 10.2 Å². The first-order chi connectivity index (χ1) is 15.3. The average molecular weight is 439 g/mol. The van der Waals surface area contributed by atoms with Gasteiger partial charge in [-0.15, -0.1) is 0 Å². The minimum absolute atomic E-state index is 0.125. The van der Waals surface area contributed by atoms with Gasteiger partial charge in [-0.25, -0.2) is 14.2 Å². The van der Waals surface area contributed by atoms with Gasteiger partial charge in [-0.2, -0.15) is 0 Å². The number of hydrogen-bond acceptors (Lipinski definition) is 4. The number of halogens is 1. The molecule has 0 unspecified atom stereocenters. The molecule has 2 aromatic carbocycles. The van der Waals surface area contributed by atoms with Gasteiger partial charge in [-0.05, 0) is 69.9 Å². The second kappa shape index (κ2) is 9.18. The zero-order valence-corrected chi connectivity index (χ0v) is 19.0. The largest absolute Gasteiger partial charge is 0.444 e. The zero-order chi connectivity index (χ0) is 22.7. The molecule has 1 atom stereocenters. The Kier molecular flexibility index (Phi) is 6.35. The molecule has 3 aromatic rings. The molecule has 7 heteroatoms. The lowest BCUT2D eigenvalue weighted by atomic mass is 10.0. The maximum atomic E-state index is 13.4. The van der Waals surface area contributed by atoms with Crippen molar-refractivity contribution in [2.75, 3.05) is 18.0 Å². The third-order valence-corrected chi connectivity index (χ3v) is 5.65. The van der Waals surface area contributed by atoms with Crippen LogP contribution in [-0.4, -0.2) is 40.4 Å². The fourth-order valence-corrected chi connectivity index (χ4v) is 4.20. The highest BCUT2D eigenvalue weighted by Gasteiger charge is 2.28. The second-order valence-electron chi connectivity index (χ2n) is 9.34. The van der Waals surface area contributed by atoms with Crippen LogP contribution in [0.25, 0.3) is 11.0 Å². The summed E-state index contributed by atoms with van der Waals surface area (Å²) < 4.78 is 21.0. The Morgan fingerprint density at radius 1 is 1.16 bits per heavy atom. The van der Waals surface area contributed by atoms with E-state index in [0.29, 0.717) is 13.1 Å². The minimum atomic E-state index is -0.528. The quantitative estimate of drug-likeness (QED) is 0.602. The molecule has 170 valence electrons. The Labute approximate surface area is 188 Å². The molecule has 2 heterocycles. The summed E-state index contributed by atoms with van der Waals surface area (Å²) >= 11 is 0. The molecule has 0 saturated carbocycles. The Bertz CT molecular complexity index is 1070. The number of nitrogens with zero attached hydrogens (tertiary/aromatic N) is 3. The van der Waals surface area contributed by atoms with Gasteiger partial charge in [0.05, 0.1) is 17.6 Å². The topological polar surface area (TPSA) is 59.4 Å². The number of ether oxygens (including phenoxy) is 1. The van der Waals surface area contributed by atoms with Crippen molar-refractivity contribution in [3.8, 4) is 0 Å². The van der Waals surface area contributed by atoms with Crippen LogP contribution in [0.1, 0.15) is 45.6 Å². The van der Waals surface area contributed by atoms with Crippen LogP contribution in [0.5, 0.6) is 0 Å². The van der Waals surface area contributed by atoms with Gasteiger partial charge in [-0.1, -0.05) is 24.3 Å². The van der Waals surface area contributed by atoms with E-state index in [1.807, 2.05) is 51.1 Å². The lowest BCUT2D eigenvalue weighted by Crippen LogP contribution is -2.48. The highest BCUT2D eigenvalue weighted by atomic mass is 19.1. The van der Waals surface area contributed by atoms with Crippen LogP contribution in [0, 0.1) is 5.82 Å². The van der Waals surface area contributed by atoms with Crippen molar-refractivity contribution in [1.29, 1.82) is 0 Å². The molecule has 1 amide bonds.